The van der Waals surface area contributed by atoms with Gasteiger partial charge in [0.25, 0.3) is 5.91 Å². The molecule has 0 spiro atoms. The van der Waals surface area contributed by atoms with Crippen molar-refractivity contribution in [2.45, 2.75) is 13.0 Å². The minimum absolute atomic E-state index is 0.191. The molecular weight excluding hydrogens is 348 g/mol. The zero-order chi connectivity index (χ0) is 18.2. The van der Waals surface area contributed by atoms with E-state index in [9.17, 15) is 4.79 Å². The lowest BCUT2D eigenvalue weighted by Crippen LogP contribution is -2.26. The van der Waals surface area contributed by atoms with Crippen molar-refractivity contribution in [1.29, 1.82) is 0 Å². The monoisotopic (exact) mass is 366 g/mol. The van der Waals surface area contributed by atoms with Gasteiger partial charge in [-0.05, 0) is 47.9 Å². The first kappa shape index (κ1) is 17.9. The summed E-state index contributed by atoms with van der Waals surface area (Å²) < 4.78 is 0. The summed E-state index contributed by atoms with van der Waals surface area (Å²) >= 11 is 5.87. The van der Waals surface area contributed by atoms with Crippen molar-refractivity contribution in [1.82, 2.24) is 15.3 Å². The van der Waals surface area contributed by atoms with E-state index >= 15 is 0 Å². The number of aromatic nitrogens is 2. The van der Waals surface area contributed by atoms with Gasteiger partial charge in [-0.15, -0.1) is 0 Å². The number of anilines is 1. The fourth-order valence-corrected chi connectivity index (χ4v) is 2.56. The molecule has 0 fully saturated rings. The molecule has 132 valence electrons. The topological polar surface area (TPSA) is 66.9 Å². The molecular formula is C20H19ClN4O. The third-order valence-electron chi connectivity index (χ3n) is 3.82. The van der Waals surface area contributed by atoms with Crippen LogP contribution in [0.5, 0.6) is 0 Å². The Kier molecular flexibility index (Phi) is 6.17. The van der Waals surface area contributed by atoms with Crippen LogP contribution in [0.3, 0.4) is 0 Å². The van der Waals surface area contributed by atoms with Crippen molar-refractivity contribution in [3.05, 3.63) is 89.0 Å². The highest BCUT2D eigenvalue weighted by atomic mass is 35.5. The summed E-state index contributed by atoms with van der Waals surface area (Å²) in [6.07, 6.45) is 5.91. The molecule has 0 aliphatic carbocycles. The van der Waals surface area contributed by atoms with Crippen LogP contribution in [0.15, 0.2) is 67.1 Å². The third kappa shape index (κ3) is 5.29. The van der Waals surface area contributed by atoms with E-state index in [-0.39, 0.29) is 5.91 Å². The summed E-state index contributed by atoms with van der Waals surface area (Å²) in [4.78, 5) is 20.5. The van der Waals surface area contributed by atoms with E-state index in [1.165, 1.54) is 0 Å². The Balaban J connectivity index is 1.51. The van der Waals surface area contributed by atoms with Crippen LogP contribution < -0.4 is 10.6 Å². The summed E-state index contributed by atoms with van der Waals surface area (Å²) in [6.45, 7) is 1.17. The second kappa shape index (κ2) is 8.97. The molecule has 1 amide bonds. The van der Waals surface area contributed by atoms with E-state index in [0.717, 1.165) is 23.2 Å². The predicted octanol–water partition coefficient (Wildman–Crippen LogP) is 3.71. The zero-order valence-electron chi connectivity index (χ0n) is 14.2. The standard InChI is InChI=1S/C20H19ClN4O/c21-17-5-3-15(4-6-17)7-10-24-20(26)19-12-18(8-11-23-19)25-14-16-2-1-9-22-13-16/h1-6,8-9,11-13H,7,10,14H2,(H,23,25)(H,24,26). The normalized spacial score (nSPS) is 10.3. The van der Waals surface area contributed by atoms with Crippen molar-refractivity contribution in [3.8, 4) is 0 Å². The maximum atomic E-state index is 12.3. The highest BCUT2D eigenvalue weighted by molar-refractivity contribution is 6.30. The second-order valence-electron chi connectivity index (χ2n) is 5.78. The molecule has 26 heavy (non-hydrogen) atoms. The lowest BCUT2D eigenvalue weighted by atomic mass is 10.1. The number of nitrogens with one attached hydrogen (secondary N) is 2. The summed E-state index contributed by atoms with van der Waals surface area (Å²) in [5.74, 6) is -0.191. The fourth-order valence-electron chi connectivity index (χ4n) is 2.43. The van der Waals surface area contributed by atoms with Gasteiger partial charge in [0, 0.05) is 42.4 Å². The largest absolute Gasteiger partial charge is 0.381 e. The molecule has 0 bridgehead atoms. The Bertz CT molecular complexity index is 853. The predicted molar refractivity (Wildman–Crippen MR) is 103 cm³/mol. The highest BCUT2D eigenvalue weighted by Crippen LogP contribution is 2.11. The van der Waals surface area contributed by atoms with Crippen molar-refractivity contribution >= 4 is 23.2 Å². The van der Waals surface area contributed by atoms with Gasteiger partial charge in [0.15, 0.2) is 0 Å². The second-order valence-corrected chi connectivity index (χ2v) is 6.21. The van der Waals surface area contributed by atoms with Crippen molar-refractivity contribution in [2.75, 3.05) is 11.9 Å². The average molecular weight is 367 g/mol. The smallest absolute Gasteiger partial charge is 0.269 e. The number of amides is 1. The molecule has 0 aliphatic rings. The fraction of sp³-hybridized carbons (Fsp3) is 0.150. The van der Waals surface area contributed by atoms with Gasteiger partial charge < -0.3 is 10.6 Å². The molecule has 1 aromatic carbocycles. The summed E-state index contributed by atoms with van der Waals surface area (Å²) in [5.41, 5.74) is 3.41. The summed E-state index contributed by atoms with van der Waals surface area (Å²) in [5, 5.41) is 6.87. The van der Waals surface area contributed by atoms with Crippen LogP contribution in [0.1, 0.15) is 21.6 Å². The molecule has 2 heterocycles. The number of carbonyl (C=O) groups is 1. The number of benzene rings is 1. The van der Waals surface area contributed by atoms with Crippen LogP contribution in [-0.2, 0) is 13.0 Å². The van der Waals surface area contributed by atoms with Gasteiger partial charge in [0.05, 0.1) is 0 Å². The zero-order valence-corrected chi connectivity index (χ0v) is 14.9. The Labute approximate surface area is 157 Å². The van der Waals surface area contributed by atoms with Gasteiger partial charge in [-0.2, -0.15) is 0 Å². The first-order valence-electron chi connectivity index (χ1n) is 8.32. The Hall–Kier alpha value is -2.92. The molecule has 5 nitrogen and oxygen atoms in total. The first-order valence-corrected chi connectivity index (χ1v) is 8.70. The SMILES string of the molecule is O=C(NCCc1ccc(Cl)cc1)c1cc(NCc2cccnc2)ccn1. The van der Waals surface area contributed by atoms with Crippen LogP contribution in [0.2, 0.25) is 5.02 Å². The van der Waals surface area contributed by atoms with Gasteiger partial charge >= 0.3 is 0 Å². The number of hydrogen-bond acceptors (Lipinski definition) is 4. The van der Waals surface area contributed by atoms with Crippen molar-refractivity contribution in [3.63, 3.8) is 0 Å². The van der Waals surface area contributed by atoms with Crippen molar-refractivity contribution in [2.24, 2.45) is 0 Å². The van der Waals surface area contributed by atoms with Gasteiger partial charge in [-0.3, -0.25) is 14.8 Å². The minimum atomic E-state index is -0.191. The maximum Gasteiger partial charge on any atom is 0.269 e. The van der Waals surface area contributed by atoms with Crippen LogP contribution in [0, 0.1) is 0 Å². The van der Waals surface area contributed by atoms with Gasteiger partial charge in [0.1, 0.15) is 5.69 Å². The number of hydrogen-bond donors (Lipinski definition) is 2. The van der Waals surface area contributed by atoms with Gasteiger partial charge in [-0.1, -0.05) is 29.8 Å². The van der Waals surface area contributed by atoms with Crippen LogP contribution in [0.4, 0.5) is 5.69 Å². The first-order chi connectivity index (χ1) is 12.7. The Morgan fingerprint density at radius 1 is 1.04 bits per heavy atom. The van der Waals surface area contributed by atoms with E-state index in [4.69, 9.17) is 11.6 Å². The number of rotatable bonds is 7. The minimum Gasteiger partial charge on any atom is -0.381 e. The summed E-state index contributed by atoms with van der Waals surface area (Å²) in [7, 11) is 0. The maximum absolute atomic E-state index is 12.3. The molecule has 2 N–H and O–H groups in total. The van der Waals surface area contributed by atoms with Gasteiger partial charge in [-0.25, -0.2) is 0 Å². The molecule has 0 radical (unpaired) electrons. The molecule has 0 aliphatic heterocycles. The van der Waals surface area contributed by atoms with E-state index in [1.54, 1.807) is 24.7 Å². The number of pyridine rings is 2. The van der Waals surface area contributed by atoms with Crippen LogP contribution in [0.25, 0.3) is 0 Å². The molecule has 0 atom stereocenters. The third-order valence-corrected chi connectivity index (χ3v) is 4.08. The molecule has 0 unspecified atom stereocenters. The van der Waals surface area contributed by atoms with Gasteiger partial charge in [0.2, 0.25) is 0 Å². The summed E-state index contributed by atoms with van der Waals surface area (Å²) in [6, 6.07) is 15.1. The van der Waals surface area contributed by atoms with Crippen molar-refractivity contribution < 1.29 is 4.79 Å². The molecule has 3 rings (SSSR count). The molecule has 0 saturated heterocycles. The van der Waals surface area contributed by atoms with Crippen LogP contribution in [-0.4, -0.2) is 22.4 Å². The van der Waals surface area contributed by atoms with Crippen LogP contribution >= 0.6 is 11.6 Å². The quantitative estimate of drug-likeness (QED) is 0.668. The van der Waals surface area contributed by atoms with E-state index in [1.807, 2.05) is 42.5 Å². The average Bonchev–Trinajstić information content (AvgIpc) is 2.69. The molecule has 0 saturated carbocycles. The molecule has 2 aromatic heterocycles. The lowest BCUT2D eigenvalue weighted by molar-refractivity contribution is 0.0949. The Morgan fingerprint density at radius 2 is 1.88 bits per heavy atom. The van der Waals surface area contributed by atoms with E-state index in [2.05, 4.69) is 20.6 Å². The number of carbonyl (C=O) groups excluding carboxylic acids is 1. The number of nitrogens with zero attached hydrogens (tertiary/aromatic N) is 2. The van der Waals surface area contributed by atoms with E-state index < -0.39 is 0 Å². The molecule has 3 aromatic rings. The number of halogens is 1. The Morgan fingerprint density at radius 3 is 2.65 bits per heavy atom. The highest BCUT2D eigenvalue weighted by Gasteiger charge is 2.07. The lowest BCUT2D eigenvalue weighted by Gasteiger charge is -2.09. The molecule has 6 heteroatoms. The van der Waals surface area contributed by atoms with E-state index in [0.29, 0.717) is 23.8 Å².